The highest BCUT2D eigenvalue weighted by Crippen LogP contribution is 2.14. The van der Waals surface area contributed by atoms with E-state index in [4.69, 9.17) is 0 Å². The highest BCUT2D eigenvalue weighted by Gasteiger charge is 2.13. The highest BCUT2D eigenvalue weighted by atomic mass is 127. The molecular weight excluding hydrogens is 501 g/mol. The molecule has 0 aliphatic rings. The summed E-state index contributed by atoms with van der Waals surface area (Å²) in [7, 11) is -1.80. The van der Waals surface area contributed by atoms with Crippen LogP contribution in [0, 0.1) is 0 Å². The van der Waals surface area contributed by atoms with E-state index in [-0.39, 0.29) is 30.5 Å². The minimum atomic E-state index is -3.45. The first kappa shape index (κ1) is 21.5. The van der Waals surface area contributed by atoms with Crippen molar-refractivity contribution in [1.29, 1.82) is 0 Å². The molecule has 0 fully saturated rings. The Hall–Kier alpha value is -1.77. The van der Waals surface area contributed by atoms with E-state index in [1.807, 2.05) is 28.8 Å². The van der Waals surface area contributed by atoms with E-state index in [1.165, 1.54) is 11.3 Å². The van der Waals surface area contributed by atoms with Gasteiger partial charge in [-0.3, -0.25) is 9.39 Å². The summed E-state index contributed by atoms with van der Waals surface area (Å²) in [6.07, 6.45) is 1.89. The van der Waals surface area contributed by atoms with Gasteiger partial charge in [0.25, 0.3) is 0 Å². The van der Waals surface area contributed by atoms with Crippen molar-refractivity contribution in [2.45, 2.75) is 10.8 Å². The SMILES string of the molecule is CN=C(NCCNS(=O)(=O)c1cccs1)NCc1nnc2ccccn12.I. The normalized spacial score (nSPS) is 12.0. The maximum atomic E-state index is 12.0. The lowest BCUT2D eigenvalue weighted by Crippen LogP contribution is -2.41. The molecule has 3 rings (SSSR count). The third kappa shape index (κ3) is 5.60. The van der Waals surface area contributed by atoms with Crippen LogP contribution in [0.4, 0.5) is 0 Å². The molecule has 0 unspecified atom stereocenters. The van der Waals surface area contributed by atoms with Crippen molar-refractivity contribution >= 4 is 56.9 Å². The van der Waals surface area contributed by atoms with E-state index in [0.29, 0.717) is 23.3 Å². The number of sulfonamides is 1. The number of pyridine rings is 1. The van der Waals surface area contributed by atoms with Crippen LogP contribution in [0.5, 0.6) is 0 Å². The molecule has 12 heteroatoms. The van der Waals surface area contributed by atoms with Gasteiger partial charge in [0, 0.05) is 26.3 Å². The third-order valence-electron chi connectivity index (χ3n) is 3.49. The molecule has 0 aliphatic heterocycles. The van der Waals surface area contributed by atoms with Gasteiger partial charge in [0.2, 0.25) is 10.0 Å². The lowest BCUT2D eigenvalue weighted by molar-refractivity contribution is 0.582. The van der Waals surface area contributed by atoms with Gasteiger partial charge in [0.1, 0.15) is 4.21 Å². The van der Waals surface area contributed by atoms with E-state index in [1.54, 1.807) is 24.6 Å². The number of aromatic nitrogens is 3. The molecule has 0 aliphatic carbocycles. The van der Waals surface area contributed by atoms with Crippen molar-refractivity contribution in [3.63, 3.8) is 0 Å². The molecule has 27 heavy (non-hydrogen) atoms. The third-order valence-corrected chi connectivity index (χ3v) is 6.35. The highest BCUT2D eigenvalue weighted by molar-refractivity contribution is 14.0. The van der Waals surface area contributed by atoms with Crippen LogP contribution in [-0.2, 0) is 16.6 Å². The molecule has 3 N–H and O–H groups in total. The van der Waals surface area contributed by atoms with Gasteiger partial charge < -0.3 is 10.6 Å². The Labute approximate surface area is 178 Å². The second-order valence-corrected chi connectivity index (χ2v) is 8.17. The quantitative estimate of drug-likeness (QED) is 0.186. The number of aliphatic imine (C=N–C) groups is 1. The van der Waals surface area contributed by atoms with E-state index in [0.717, 1.165) is 11.5 Å². The number of fused-ring (bicyclic) bond motifs is 1. The Morgan fingerprint density at radius 1 is 1.19 bits per heavy atom. The number of hydrogen-bond donors (Lipinski definition) is 3. The van der Waals surface area contributed by atoms with E-state index >= 15 is 0 Å². The summed E-state index contributed by atoms with van der Waals surface area (Å²) < 4.78 is 28.8. The lowest BCUT2D eigenvalue weighted by Gasteiger charge is -2.11. The van der Waals surface area contributed by atoms with E-state index in [2.05, 4.69) is 30.5 Å². The van der Waals surface area contributed by atoms with Crippen LogP contribution in [0.15, 0.2) is 51.1 Å². The number of nitrogens with zero attached hydrogens (tertiary/aromatic N) is 4. The molecule has 146 valence electrons. The summed E-state index contributed by atoms with van der Waals surface area (Å²) in [5, 5.41) is 16.1. The summed E-state index contributed by atoms with van der Waals surface area (Å²) >= 11 is 1.18. The van der Waals surface area contributed by atoms with Gasteiger partial charge in [0.15, 0.2) is 17.4 Å². The predicted molar refractivity (Wildman–Crippen MR) is 116 cm³/mol. The lowest BCUT2D eigenvalue weighted by atomic mass is 10.4. The van der Waals surface area contributed by atoms with E-state index < -0.39 is 10.0 Å². The van der Waals surface area contributed by atoms with Crippen molar-refractivity contribution in [2.75, 3.05) is 20.1 Å². The fourth-order valence-corrected chi connectivity index (χ4v) is 4.32. The van der Waals surface area contributed by atoms with Gasteiger partial charge in [-0.2, -0.15) is 0 Å². The zero-order chi connectivity index (χ0) is 18.4. The van der Waals surface area contributed by atoms with E-state index in [9.17, 15) is 8.42 Å². The molecule has 0 aromatic carbocycles. The first-order chi connectivity index (χ1) is 12.6. The first-order valence-corrected chi connectivity index (χ1v) is 10.2. The van der Waals surface area contributed by atoms with Crippen LogP contribution in [0.3, 0.4) is 0 Å². The predicted octanol–water partition coefficient (Wildman–Crippen LogP) is 1.05. The average Bonchev–Trinajstić information content (AvgIpc) is 3.32. The van der Waals surface area contributed by atoms with Crippen LogP contribution in [-0.4, -0.2) is 49.1 Å². The van der Waals surface area contributed by atoms with Crippen molar-refractivity contribution in [2.24, 2.45) is 4.99 Å². The van der Waals surface area contributed by atoms with Gasteiger partial charge in [-0.25, -0.2) is 13.1 Å². The van der Waals surface area contributed by atoms with Crippen molar-refractivity contribution in [3.8, 4) is 0 Å². The largest absolute Gasteiger partial charge is 0.355 e. The molecule has 9 nitrogen and oxygen atoms in total. The maximum absolute atomic E-state index is 12.0. The van der Waals surface area contributed by atoms with Gasteiger partial charge in [-0.05, 0) is 23.6 Å². The van der Waals surface area contributed by atoms with Crippen molar-refractivity contribution in [1.82, 2.24) is 30.0 Å². The fourth-order valence-electron chi connectivity index (χ4n) is 2.25. The summed E-state index contributed by atoms with van der Waals surface area (Å²) in [4.78, 5) is 4.11. The number of thiophene rings is 1. The Balaban J connectivity index is 0.00000261. The molecule has 3 aromatic rings. The molecular formula is C15H20IN7O2S2. The fraction of sp³-hybridized carbons (Fsp3) is 0.267. The number of rotatable bonds is 7. The van der Waals surface area contributed by atoms with Crippen LogP contribution < -0.4 is 15.4 Å². The molecule has 0 bridgehead atoms. The number of guanidine groups is 1. The number of halogens is 1. The minimum Gasteiger partial charge on any atom is -0.355 e. The zero-order valence-electron chi connectivity index (χ0n) is 14.5. The van der Waals surface area contributed by atoms with Gasteiger partial charge in [-0.15, -0.1) is 45.5 Å². The van der Waals surface area contributed by atoms with Crippen LogP contribution >= 0.6 is 35.3 Å². The Morgan fingerprint density at radius 3 is 2.78 bits per heavy atom. The van der Waals surface area contributed by atoms with Crippen LogP contribution in [0.25, 0.3) is 5.65 Å². The summed E-state index contributed by atoms with van der Waals surface area (Å²) in [5.74, 6) is 1.30. The maximum Gasteiger partial charge on any atom is 0.250 e. The Morgan fingerprint density at radius 2 is 2.04 bits per heavy atom. The van der Waals surface area contributed by atoms with Crippen LogP contribution in [0.2, 0.25) is 0 Å². The van der Waals surface area contributed by atoms with Gasteiger partial charge in [-0.1, -0.05) is 12.1 Å². The molecule has 0 amide bonds. The second kappa shape index (κ2) is 9.96. The molecule has 0 atom stereocenters. The summed E-state index contributed by atoms with van der Waals surface area (Å²) in [5.41, 5.74) is 0.773. The molecule has 3 heterocycles. The Bertz CT molecular complexity index is 987. The van der Waals surface area contributed by atoms with Crippen LogP contribution in [0.1, 0.15) is 5.82 Å². The first-order valence-electron chi connectivity index (χ1n) is 7.86. The molecule has 3 aromatic heterocycles. The monoisotopic (exact) mass is 521 g/mol. The summed E-state index contributed by atoms with van der Waals surface area (Å²) in [6.45, 7) is 1.07. The number of hydrogen-bond acceptors (Lipinski definition) is 6. The second-order valence-electron chi connectivity index (χ2n) is 5.23. The minimum absolute atomic E-state index is 0. The topological polar surface area (TPSA) is 113 Å². The van der Waals surface area contributed by atoms with Crippen molar-refractivity contribution < 1.29 is 8.42 Å². The zero-order valence-corrected chi connectivity index (χ0v) is 18.5. The van der Waals surface area contributed by atoms with Gasteiger partial charge >= 0.3 is 0 Å². The number of nitrogens with one attached hydrogen (secondary N) is 3. The van der Waals surface area contributed by atoms with Crippen molar-refractivity contribution in [3.05, 3.63) is 47.7 Å². The Kier molecular flexibility index (Phi) is 7.94. The molecule has 0 spiro atoms. The standard InChI is InChI=1S/C15H19N7O2S2.HI/c1-16-15(17-7-8-19-26(23,24)14-6-4-10-25-14)18-11-13-21-20-12-5-2-3-9-22(12)13;/h2-6,9-10,19H,7-8,11H2,1H3,(H2,16,17,18);1H. The average molecular weight is 521 g/mol. The summed E-state index contributed by atoms with van der Waals surface area (Å²) in [6, 6.07) is 8.97. The molecule has 0 saturated heterocycles. The molecule has 0 radical (unpaired) electrons. The van der Waals surface area contributed by atoms with Gasteiger partial charge in [0.05, 0.1) is 6.54 Å². The smallest absolute Gasteiger partial charge is 0.250 e. The molecule has 0 saturated carbocycles.